The van der Waals surface area contributed by atoms with Crippen LogP contribution in [-0.2, 0) is 20.9 Å². The number of nitrogens with one attached hydrogen (secondary N) is 1. The smallest absolute Gasteiger partial charge is 0.223 e. The first-order valence-corrected chi connectivity index (χ1v) is 9.40. The zero-order chi connectivity index (χ0) is 18.2. The van der Waals surface area contributed by atoms with Crippen LogP contribution < -0.4 is 10.1 Å². The Morgan fingerprint density at radius 3 is 2.81 bits per heavy atom. The number of aromatic nitrogens is 3. The number of benzene rings is 1. The monoisotopic (exact) mass is 370 g/mol. The minimum absolute atomic E-state index is 0.0456. The minimum Gasteiger partial charge on any atom is -0.487 e. The van der Waals surface area contributed by atoms with Gasteiger partial charge in [0, 0.05) is 5.92 Å². The maximum Gasteiger partial charge on any atom is 0.223 e. The number of nitrogens with zero attached hydrogens (tertiary/aromatic N) is 3. The van der Waals surface area contributed by atoms with Crippen LogP contribution in [0.4, 0.5) is 0 Å². The van der Waals surface area contributed by atoms with E-state index in [0.717, 1.165) is 24.3 Å². The molecule has 0 bridgehead atoms. The highest BCUT2D eigenvalue weighted by Gasteiger charge is 2.50. The summed E-state index contributed by atoms with van der Waals surface area (Å²) in [4.78, 5) is 12.0. The zero-order valence-corrected chi connectivity index (χ0v) is 14.9. The number of rotatable bonds is 6. The van der Waals surface area contributed by atoms with Crippen molar-refractivity contribution in [1.82, 2.24) is 20.3 Å². The molecule has 1 aromatic carbocycles. The van der Waals surface area contributed by atoms with Gasteiger partial charge in [0.1, 0.15) is 36.3 Å². The van der Waals surface area contributed by atoms with Gasteiger partial charge in [-0.3, -0.25) is 4.79 Å². The summed E-state index contributed by atoms with van der Waals surface area (Å²) in [7, 11) is 0. The molecule has 5 rings (SSSR count). The van der Waals surface area contributed by atoms with Crippen molar-refractivity contribution < 1.29 is 19.0 Å². The molecule has 2 aromatic rings. The minimum atomic E-state index is -0.133. The van der Waals surface area contributed by atoms with Crippen LogP contribution >= 0.6 is 0 Å². The van der Waals surface area contributed by atoms with Gasteiger partial charge < -0.3 is 19.5 Å². The van der Waals surface area contributed by atoms with Gasteiger partial charge >= 0.3 is 0 Å². The van der Waals surface area contributed by atoms with Crippen molar-refractivity contribution in [3.05, 3.63) is 42.2 Å². The maximum atomic E-state index is 12.0. The van der Waals surface area contributed by atoms with E-state index in [0.29, 0.717) is 19.8 Å². The van der Waals surface area contributed by atoms with Crippen LogP contribution in [0.2, 0.25) is 0 Å². The number of amides is 1. The van der Waals surface area contributed by atoms with Crippen molar-refractivity contribution in [3.8, 4) is 5.75 Å². The Kier molecular flexibility index (Phi) is 4.29. The van der Waals surface area contributed by atoms with Crippen molar-refractivity contribution in [2.45, 2.75) is 43.7 Å². The van der Waals surface area contributed by atoms with Crippen LogP contribution in [0.1, 0.15) is 24.6 Å². The van der Waals surface area contributed by atoms with E-state index in [4.69, 9.17) is 14.2 Å². The first kappa shape index (κ1) is 16.7. The molecule has 3 heterocycles. The Morgan fingerprint density at radius 1 is 1.19 bits per heavy atom. The van der Waals surface area contributed by atoms with Crippen molar-refractivity contribution in [1.29, 1.82) is 0 Å². The lowest BCUT2D eigenvalue weighted by molar-refractivity contribution is -0.123. The summed E-state index contributed by atoms with van der Waals surface area (Å²) in [5.74, 6) is 1.10. The highest BCUT2D eigenvalue weighted by molar-refractivity contribution is 5.81. The molecule has 1 aliphatic carbocycles. The normalized spacial score (nSPS) is 29.5. The Balaban J connectivity index is 1.20. The van der Waals surface area contributed by atoms with Gasteiger partial charge in [-0.1, -0.05) is 23.4 Å². The molecule has 0 radical (unpaired) electrons. The summed E-state index contributed by atoms with van der Waals surface area (Å²) >= 11 is 0. The summed E-state index contributed by atoms with van der Waals surface area (Å²) in [6.45, 7) is 1.32. The average Bonchev–Trinajstić information content (AvgIpc) is 3.11. The van der Waals surface area contributed by atoms with E-state index >= 15 is 0 Å². The van der Waals surface area contributed by atoms with E-state index in [1.165, 1.54) is 0 Å². The number of hydrogen-bond acceptors (Lipinski definition) is 6. The molecular formula is C19H22N4O4. The van der Waals surface area contributed by atoms with Crippen LogP contribution in [0.25, 0.3) is 0 Å². The van der Waals surface area contributed by atoms with E-state index in [2.05, 4.69) is 15.6 Å². The lowest BCUT2D eigenvalue weighted by Gasteiger charge is -2.17. The largest absolute Gasteiger partial charge is 0.487 e. The van der Waals surface area contributed by atoms with E-state index in [-0.39, 0.29) is 36.1 Å². The van der Waals surface area contributed by atoms with Gasteiger partial charge in [0.2, 0.25) is 5.91 Å². The molecule has 1 saturated carbocycles. The lowest BCUT2D eigenvalue weighted by atomic mass is 10.1. The first-order valence-electron chi connectivity index (χ1n) is 9.40. The average molecular weight is 370 g/mol. The molecule has 0 spiro atoms. The molecule has 0 unspecified atom stereocenters. The molecule has 4 atom stereocenters. The molecule has 1 amide bonds. The zero-order valence-electron chi connectivity index (χ0n) is 14.9. The van der Waals surface area contributed by atoms with Crippen molar-refractivity contribution in [2.75, 3.05) is 13.2 Å². The van der Waals surface area contributed by atoms with Crippen LogP contribution in [-0.4, -0.2) is 52.4 Å². The Morgan fingerprint density at radius 2 is 2.00 bits per heavy atom. The van der Waals surface area contributed by atoms with E-state index in [9.17, 15) is 4.79 Å². The second-order valence-electron chi connectivity index (χ2n) is 7.34. The van der Waals surface area contributed by atoms with E-state index < -0.39 is 0 Å². The fraction of sp³-hybridized carbons (Fsp3) is 0.526. The summed E-state index contributed by atoms with van der Waals surface area (Å²) in [6.07, 6.45) is 3.59. The number of carbonyl (C=O) groups excluding carboxylic acids is 1. The second-order valence-corrected chi connectivity index (χ2v) is 7.34. The van der Waals surface area contributed by atoms with E-state index in [1.54, 1.807) is 4.68 Å². The first-order chi connectivity index (χ1) is 13.3. The predicted molar refractivity (Wildman–Crippen MR) is 94.0 cm³/mol. The lowest BCUT2D eigenvalue weighted by Crippen LogP contribution is -2.44. The molecule has 1 aromatic heterocycles. The maximum absolute atomic E-state index is 12.0. The second kappa shape index (κ2) is 6.94. The summed E-state index contributed by atoms with van der Waals surface area (Å²) in [5, 5.41) is 11.5. The van der Waals surface area contributed by atoms with Gasteiger partial charge in [0.05, 0.1) is 25.5 Å². The third kappa shape index (κ3) is 3.42. The molecule has 8 heteroatoms. The Hall–Kier alpha value is -2.45. The summed E-state index contributed by atoms with van der Waals surface area (Å²) < 4.78 is 19.4. The van der Waals surface area contributed by atoms with Gasteiger partial charge in [0.15, 0.2) is 0 Å². The quantitative estimate of drug-likeness (QED) is 0.819. The Labute approximate surface area is 156 Å². The van der Waals surface area contributed by atoms with E-state index in [1.807, 2.05) is 36.5 Å². The molecule has 3 fully saturated rings. The van der Waals surface area contributed by atoms with Crippen molar-refractivity contribution in [3.63, 3.8) is 0 Å². The van der Waals surface area contributed by atoms with Gasteiger partial charge in [-0.05, 0) is 25.0 Å². The standard InChI is InChI=1S/C19H22N4O4/c24-19(12-6-7-12)20-15-10-26-18-16(11-27-17(15)18)23-8-13(21-22-23)9-25-14-4-2-1-3-5-14/h1-5,8,12,15-18H,6-7,9-11H2,(H,20,24)/t15-,16+,17-,18+/m0/s1. The van der Waals surface area contributed by atoms with Gasteiger partial charge in [-0.25, -0.2) is 4.68 Å². The molecular weight excluding hydrogens is 348 g/mol. The summed E-state index contributed by atoms with van der Waals surface area (Å²) in [5.41, 5.74) is 0.749. The number of fused-ring (bicyclic) bond motifs is 1. The fourth-order valence-corrected chi connectivity index (χ4v) is 3.69. The number of hydrogen-bond donors (Lipinski definition) is 1. The molecule has 142 valence electrons. The summed E-state index contributed by atoms with van der Waals surface area (Å²) in [6, 6.07) is 9.48. The van der Waals surface area contributed by atoms with Crippen LogP contribution in [0.5, 0.6) is 5.75 Å². The van der Waals surface area contributed by atoms with Gasteiger partial charge in [0.25, 0.3) is 0 Å². The van der Waals surface area contributed by atoms with Crippen LogP contribution in [0.3, 0.4) is 0 Å². The van der Waals surface area contributed by atoms with Crippen molar-refractivity contribution in [2.24, 2.45) is 5.92 Å². The van der Waals surface area contributed by atoms with Gasteiger partial charge in [-0.15, -0.1) is 5.10 Å². The SMILES string of the molecule is O=C(N[C@H]1CO[C@H]2[C@H]1OC[C@H]2n1cc(COc2ccccc2)nn1)C1CC1. The molecule has 2 saturated heterocycles. The fourth-order valence-electron chi connectivity index (χ4n) is 3.69. The highest BCUT2D eigenvalue weighted by atomic mass is 16.6. The van der Waals surface area contributed by atoms with Crippen LogP contribution in [0.15, 0.2) is 36.5 Å². The molecule has 1 N–H and O–H groups in total. The highest BCUT2D eigenvalue weighted by Crippen LogP contribution is 2.35. The van der Waals surface area contributed by atoms with Crippen molar-refractivity contribution >= 4 is 5.91 Å². The molecule has 27 heavy (non-hydrogen) atoms. The molecule has 8 nitrogen and oxygen atoms in total. The topological polar surface area (TPSA) is 87.5 Å². The Bertz CT molecular complexity index is 807. The predicted octanol–water partition coefficient (Wildman–Crippen LogP) is 1.09. The number of carbonyl (C=O) groups is 1. The molecule has 2 aliphatic heterocycles. The third-order valence-corrected chi connectivity index (χ3v) is 5.33. The molecule has 3 aliphatic rings. The van der Waals surface area contributed by atoms with Crippen LogP contribution in [0, 0.1) is 5.92 Å². The third-order valence-electron chi connectivity index (χ3n) is 5.33. The number of ether oxygens (including phenoxy) is 3. The van der Waals surface area contributed by atoms with Gasteiger partial charge in [-0.2, -0.15) is 0 Å². The number of para-hydroxylation sites is 1.